The summed E-state index contributed by atoms with van der Waals surface area (Å²) in [5, 5.41) is 0. The highest BCUT2D eigenvalue weighted by molar-refractivity contribution is 5.94. The predicted octanol–water partition coefficient (Wildman–Crippen LogP) is 2.95. The standard InChI is InChI=1S/C19H23N3O2/c1-2-18-20-7-9-22(18)17-4-3-8-21(11-17)19(23)14-5-6-15-12-24-13-16(15)10-14/h5-7,9-10,17H,2-4,8,11-13H2,1H3/t17-/m0/s1. The topological polar surface area (TPSA) is 47.4 Å². The number of carbonyl (C=O) groups is 1. The third-order valence-electron chi connectivity index (χ3n) is 5.11. The molecule has 24 heavy (non-hydrogen) atoms. The average molecular weight is 325 g/mol. The molecule has 0 aliphatic carbocycles. The number of hydrogen-bond acceptors (Lipinski definition) is 3. The summed E-state index contributed by atoms with van der Waals surface area (Å²) in [7, 11) is 0. The van der Waals surface area contributed by atoms with Crippen LogP contribution in [0.2, 0.25) is 0 Å². The number of aryl methyl sites for hydroxylation is 1. The van der Waals surface area contributed by atoms with Crippen LogP contribution in [0.25, 0.3) is 0 Å². The first-order chi connectivity index (χ1) is 11.8. The van der Waals surface area contributed by atoms with Crippen LogP contribution >= 0.6 is 0 Å². The minimum atomic E-state index is 0.132. The van der Waals surface area contributed by atoms with Crippen molar-refractivity contribution in [3.8, 4) is 0 Å². The Hall–Kier alpha value is -2.14. The first-order valence-electron chi connectivity index (χ1n) is 8.76. The number of benzene rings is 1. The van der Waals surface area contributed by atoms with E-state index in [4.69, 9.17) is 4.74 Å². The van der Waals surface area contributed by atoms with Crippen molar-refractivity contribution < 1.29 is 9.53 Å². The van der Waals surface area contributed by atoms with Crippen LogP contribution in [0.1, 0.15) is 53.1 Å². The van der Waals surface area contributed by atoms with Crippen LogP contribution in [0, 0.1) is 0 Å². The van der Waals surface area contributed by atoms with E-state index in [0.29, 0.717) is 19.3 Å². The molecule has 5 nitrogen and oxygen atoms in total. The number of rotatable bonds is 3. The molecule has 4 rings (SSSR count). The Morgan fingerprint density at radius 3 is 3.08 bits per heavy atom. The summed E-state index contributed by atoms with van der Waals surface area (Å²) >= 11 is 0. The summed E-state index contributed by atoms with van der Waals surface area (Å²) in [6, 6.07) is 6.30. The van der Waals surface area contributed by atoms with Crippen molar-refractivity contribution in [2.45, 2.75) is 45.4 Å². The maximum absolute atomic E-state index is 12.9. The normalized spacial score (nSPS) is 20.2. The molecule has 0 saturated carbocycles. The van der Waals surface area contributed by atoms with Gasteiger partial charge in [0.05, 0.1) is 19.3 Å². The molecule has 1 aromatic heterocycles. The Morgan fingerprint density at radius 2 is 2.21 bits per heavy atom. The van der Waals surface area contributed by atoms with Gasteiger partial charge in [-0.1, -0.05) is 13.0 Å². The molecule has 0 radical (unpaired) electrons. The smallest absolute Gasteiger partial charge is 0.253 e. The first kappa shape index (κ1) is 15.4. The molecule has 5 heteroatoms. The number of hydrogen-bond donors (Lipinski definition) is 0. The van der Waals surface area contributed by atoms with Crippen molar-refractivity contribution >= 4 is 5.91 Å². The Morgan fingerprint density at radius 1 is 1.33 bits per heavy atom. The molecule has 1 fully saturated rings. The number of fused-ring (bicyclic) bond motifs is 1. The van der Waals surface area contributed by atoms with E-state index in [2.05, 4.69) is 16.5 Å². The molecule has 2 aliphatic heterocycles. The van der Waals surface area contributed by atoms with Gasteiger partial charge in [-0.25, -0.2) is 4.98 Å². The van der Waals surface area contributed by atoms with E-state index >= 15 is 0 Å². The lowest BCUT2D eigenvalue weighted by atomic mass is 10.0. The van der Waals surface area contributed by atoms with E-state index in [1.165, 1.54) is 5.56 Å². The van der Waals surface area contributed by atoms with Gasteiger partial charge in [-0.3, -0.25) is 4.79 Å². The Balaban J connectivity index is 1.52. The van der Waals surface area contributed by atoms with E-state index in [9.17, 15) is 4.79 Å². The van der Waals surface area contributed by atoms with E-state index in [-0.39, 0.29) is 5.91 Å². The molecule has 0 N–H and O–H groups in total. The lowest BCUT2D eigenvalue weighted by Gasteiger charge is -2.34. The zero-order chi connectivity index (χ0) is 16.5. The number of imidazole rings is 1. The third-order valence-corrected chi connectivity index (χ3v) is 5.11. The summed E-state index contributed by atoms with van der Waals surface area (Å²) < 4.78 is 7.70. The molecule has 1 saturated heterocycles. The van der Waals surface area contributed by atoms with Crippen molar-refractivity contribution in [2.75, 3.05) is 13.1 Å². The molecule has 0 spiro atoms. The molecule has 1 aromatic carbocycles. The third kappa shape index (κ3) is 2.73. The number of aromatic nitrogens is 2. The summed E-state index contributed by atoms with van der Waals surface area (Å²) in [6.45, 7) is 5.00. The molecule has 0 bridgehead atoms. The quantitative estimate of drug-likeness (QED) is 0.872. The van der Waals surface area contributed by atoms with Gasteiger partial charge in [-0.05, 0) is 36.1 Å². The second-order valence-corrected chi connectivity index (χ2v) is 6.63. The number of ether oxygens (including phenoxy) is 1. The highest BCUT2D eigenvalue weighted by Crippen LogP contribution is 2.26. The van der Waals surface area contributed by atoms with Crippen LogP contribution in [0.4, 0.5) is 0 Å². The van der Waals surface area contributed by atoms with Crippen molar-refractivity contribution in [2.24, 2.45) is 0 Å². The van der Waals surface area contributed by atoms with Crippen LogP contribution in [0.15, 0.2) is 30.6 Å². The van der Waals surface area contributed by atoms with Gasteiger partial charge in [0.25, 0.3) is 5.91 Å². The zero-order valence-corrected chi connectivity index (χ0v) is 14.1. The maximum atomic E-state index is 12.9. The Labute approximate surface area is 142 Å². The molecule has 3 heterocycles. The molecular weight excluding hydrogens is 302 g/mol. The number of amides is 1. The summed E-state index contributed by atoms with van der Waals surface area (Å²) in [5.41, 5.74) is 3.13. The maximum Gasteiger partial charge on any atom is 0.253 e. The monoisotopic (exact) mass is 325 g/mol. The number of nitrogens with zero attached hydrogens (tertiary/aromatic N) is 3. The minimum absolute atomic E-state index is 0.132. The second kappa shape index (κ2) is 6.40. The number of carbonyl (C=O) groups excluding carboxylic acids is 1. The average Bonchev–Trinajstić information content (AvgIpc) is 3.29. The van der Waals surface area contributed by atoms with Crippen LogP contribution in [0.3, 0.4) is 0 Å². The van der Waals surface area contributed by atoms with Gasteiger partial charge in [0.15, 0.2) is 0 Å². The van der Waals surface area contributed by atoms with Crippen LogP contribution < -0.4 is 0 Å². The molecule has 2 aliphatic rings. The van der Waals surface area contributed by atoms with Gasteiger partial charge in [-0.15, -0.1) is 0 Å². The van der Waals surface area contributed by atoms with Crippen LogP contribution in [-0.4, -0.2) is 33.4 Å². The van der Waals surface area contributed by atoms with Gasteiger partial charge >= 0.3 is 0 Å². The lowest BCUT2D eigenvalue weighted by Crippen LogP contribution is -2.41. The SMILES string of the molecule is CCc1nccn1[C@H]1CCCN(C(=O)c2ccc3c(c2)COC3)C1. The molecule has 126 valence electrons. The van der Waals surface area contributed by atoms with E-state index < -0.39 is 0 Å². The highest BCUT2D eigenvalue weighted by atomic mass is 16.5. The molecule has 2 aromatic rings. The van der Waals surface area contributed by atoms with Gasteiger partial charge in [0.2, 0.25) is 0 Å². The van der Waals surface area contributed by atoms with Gasteiger partial charge in [0.1, 0.15) is 5.82 Å². The minimum Gasteiger partial charge on any atom is -0.372 e. The molecule has 1 atom stereocenters. The lowest BCUT2D eigenvalue weighted by molar-refractivity contribution is 0.0678. The van der Waals surface area contributed by atoms with E-state index in [1.54, 1.807) is 0 Å². The molecule has 1 amide bonds. The van der Waals surface area contributed by atoms with Gasteiger partial charge in [0, 0.05) is 37.5 Å². The molecule has 0 unspecified atom stereocenters. The van der Waals surface area contributed by atoms with Crippen molar-refractivity contribution in [3.63, 3.8) is 0 Å². The number of piperidine rings is 1. The Bertz CT molecular complexity index is 753. The van der Waals surface area contributed by atoms with Crippen molar-refractivity contribution in [3.05, 3.63) is 53.1 Å². The highest BCUT2D eigenvalue weighted by Gasteiger charge is 2.27. The van der Waals surface area contributed by atoms with Crippen LogP contribution in [0.5, 0.6) is 0 Å². The fourth-order valence-electron chi connectivity index (χ4n) is 3.80. The van der Waals surface area contributed by atoms with Gasteiger partial charge < -0.3 is 14.2 Å². The van der Waals surface area contributed by atoms with E-state index in [1.807, 2.05) is 35.5 Å². The van der Waals surface area contributed by atoms with Crippen molar-refractivity contribution in [1.82, 2.24) is 14.5 Å². The van der Waals surface area contributed by atoms with Crippen LogP contribution in [-0.2, 0) is 24.4 Å². The second-order valence-electron chi connectivity index (χ2n) is 6.63. The largest absolute Gasteiger partial charge is 0.372 e. The van der Waals surface area contributed by atoms with Crippen molar-refractivity contribution in [1.29, 1.82) is 0 Å². The predicted molar refractivity (Wildman–Crippen MR) is 90.7 cm³/mol. The fraction of sp³-hybridized carbons (Fsp3) is 0.474. The summed E-state index contributed by atoms with van der Waals surface area (Å²) in [6.07, 6.45) is 6.96. The zero-order valence-electron chi connectivity index (χ0n) is 14.1. The van der Waals surface area contributed by atoms with E-state index in [0.717, 1.165) is 49.3 Å². The summed E-state index contributed by atoms with van der Waals surface area (Å²) in [5.74, 6) is 1.23. The molecular formula is C19H23N3O2. The summed E-state index contributed by atoms with van der Waals surface area (Å²) in [4.78, 5) is 19.3. The fourth-order valence-corrected chi connectivity index (χ4v) is 3.80. The van der Waals surface area contributed by atoms with Gasteiger partial charge in [-0.2, -0.15) is 0 Å². The number of likely N-dealkylation sites (tertiary alicyclic amines) is 1. The first-order valence-corrected chi connectivity index (χ1v) is 8.76. The Kier molecular flexibility index (Phi) is 4.10.